The van der Waals surface area contributed by atoms with Crippen LogP contribution in [0.15, 0.2) is 24.3 Å². The molecule has 1 aliphatic heterocycles. The van der Waals surface area contributed by atoms with Crippen molar-refractivity contribution in [2.45, 2.75) is 18.9 Å². The van der Waals surface area contributed by atoms with Gasteiger partial charge in [-0.05, 0) is 30.9 Å². The summed E-state index contributed by atoms with van der Waals surface area (Å²) in [6.07, 6.45) is 2.01. The minimum atomic E-state index is -0.106. The van der Waals surface area contributed by atoms with Crippen LogP contribution in [0.2, 0.25) is 0 Å². The second-order valence-corrected chi connectivity index (χ2v) is 5.78. The van der Waals surface area contributed by atoms with E-state index < -0.39 is 0 Å². The van der Waals surface area contributed by atoms with Gasteiger partial charge in [-0.25, -0.2) is 0 Å². The number of para-hydroxylation sites is 1. The lowest BCUT2D eigenvalue weighted by Gasteiger charge is -2.18. The van der Waals surface area contributed by atoms with Crippen LogP contribution in [0.4, 0.5) is 0 Å². The Kier molecular flexibility index (Phi) is 3.90. The van der Waals surface area contributed by atoms with Crippen molar-refractivity contribution in [2.75, 3.05) is 26.2 Å². The summed E-state index contributed by atoms with van der Waals surface area (Å²) < 4.78 is 5.71. The molecule has 0 bridgehead atoms. The first kappa shape index (κ1) is 13.4. The summed E-state index contributed by atoms with van der Waals surface area (Å²) in [6, 6.07) is 9.47. The standard InChI is InChI=1S/C16H20N2O2/c17-9-12-3-1-2-4-16(12)20-8-7-18-10-13-5-6-15(19)14(13)11-18/h1-4,13-15,19H,5-8,10-11H2. The monoisotopic (exact) mass is 272 g/mol. The van der Waals surface area contributed by atoms with E-state index in [1.54, 1.807) is 6.07 Å². The van der Waals surface area contributed by atoms with Crippen LogP contribution in [0.3, 0.4) is 0 Å². The van der Waals surface area contributed by atoms with Gasteiger partial charge < -0.3 is 9.84 Å². The van der Waals surface area contributed by atoms with Gasteiger partial charge in [-0.15, -0.1) is 0 Å². The van der Waals surface area contributed by atoms with E-state index >= 15 is 0 Å². The molecule has 3 rings (SSSR count). The van der Waals surface area contributed by atoms with Crippen molar-refractivity contribution in [2.24, 2.45) is 11.8 Å². The van der Waals surface area contributed by atoms with Gasteiger partial charge in [0.2, 0.25) is 0 Å². The topological polar surface area (TPSA) is 56.5 Å². The molecule has 20 heavy (non-hydrogen) atoms. The Morgan fingerprint density at radius 2 is 2.15 bits per heavy atom. The number of nitrogens with zero attached hydrogens (tertiary/aromatic N) is 2. The van der Waals surface area contributed by atoms with Crippen LogP contribution < -0.4 is 4.74 Å². The molecule has 3 atom stereocenters. The Morgan fingerprint density at radius 1 is 1.30 bits per heavy atom. The highest BCUT2D eigenvalue weighted by atomic mass is 16.5. The molecule has 0 radical (unpaired) electrons. The third-order valence-corrected chi connectivity index (χ3v) is 4.57. The molecule has 1 N–H and O–H groups in total. The first-order chi connectivity index (χ1) is 9.78. The van der Waals surface area contributed by atoms with E-state index in [9.17, 15) is 5.11 Å². The molecule has 4 heteroatoms. The number of nitriles is 1. The number of hydrogen-bond acceptors (Lipinski definition) is 4. The molecular formula is C16H20N2O2. The van der Waals surface area contributed by atoms with E-state index in [0.717, 1.165) is 32.5 Å². The number of aliphatic hydroxyl groups is 1. The summed E-state index contributed by atoms with van der Waals surface area (Å²) >= 11 is 0. The zero-order chi connectivity index (χ0) is 13.9. The number of aliphatic hydroxyl groups excluding tert-OH is 1. The lowest BCUT2D eigenvalue weighted by molar-refractivity contribution is 0.122. The summed E-state index contributed by atoms with van der Waals surface area (Å²) in [5.41, 5.74) is 0.584. The lowest BCUT2D eigenvalue weighted by Crippen LogP contribution is -2.28. The molecule has 1 heterocycles. The summed E-state index contributed by atoms with van der Waals surface area (Å²) in [5.74, 6) is 1.78. The number of benzene rings is 1. The van der Waals surface area contributed by atoms with Crippen LogP contribution >= 0.6 is 0 Å². The van der Waals surface area contributed by atoms with Gasteiger partial charge in [0.05, 0.1) is 11.7 Å². The summed E-state index contributed by atoms with van der Waals surface area (Å²) in [7, 11) is 0. The minimum absolute atomic E-state index is 0.106. The fraction of sp³-hybridized carbons (Fsp3) is 0.562. The molecule has 1 saturated carbocycles. The summed E-state index contributed by atoms with van der Waals surface area (Å²) in [5, 5.41) is 18.9. The van der Waals surface area contributed by atoms with Crippen molar-refractivity contribution in [3.63, 3.8) is 0 Å². The van der Waals surface area contributed by atoms with Gasteiger partial charge in [-0.1, -0.05) is 12.1 Å². The van der Waals surface area contributed by atoms with Gasteiger partial charge in [0.1, 0.15) is 18.4 Å². The largest absolute Gasteiger partial charge is 0.491 e. The van der Waals surface area contributed by atoms with E-state index in [1.165, 1.54) is 0 Å². The van der Waals surface area contributed by atoms with Crippen LogP contribution in [0.5, 0.6) is 5.75 Å². The third kappa shape index (κ3) is 2.65. The van der Waals surface area contributed by atoms with Crippen LogP contribution in [-0.2, 0) is 0 Å². The molecule has 1 aromatic carbocycles. The molecule has 106 valence electrons. The zero-order valence-electron chi connectivity index (χ0n) is 11.5. The molecule has 4 nitrogen and oxygen atoms in total. The van der Waals surface area contributed by atoms with Crippen molar-refractivity contribution in [3.8, 4) is 11.8 Å². The predicted molar refractivity (Wildman–Crippen MR) is 75.3 cm³/mol. The SMILES string of the molecule is N#Cc1ccccc1OCCN1CC2CCC(O)C2C1. The summed E-state index contributed by atoms with van der Waals surface area (Å²) in [4.78, 5) is 2.37. The van der Waals surface area contributed by atoms with Crippen LogP contribution in [-0.4, -0.2) is 42.4 Å². The van der Waals surface area contributed by atoms with Crippen LogP contribution in [0.1, 0.15) is 18.4 Å². The first-order valence-corrected chi connectivity index (χ1v) is 7.30. The van der Waals surface area contributed by atoms with Crippen molar-refractivity contribution in [3.05, 3.63) is 29.8 Å². The molecule has 3 unspecified atom stereocenters. The maximum Gasteiger partial charge on any atom is 0.137 e. The molecule has 0 spiro atoms. The Hall–Kier alpha value is -1.57. The zero-order valence-corrected chi connectivity index (χ0v) is 11.5. The van der Waals surface area contributed by atoms with E-state index in [0.29, 0.717) is 29.8 Å². The fourth-order valence-electron chi connectivity index (χ4n) is 3.48. The molecule has 2 aliphatic rings. The smallest absolute Gasteiger partial charge is 0.137 e. The fourth-order valence-corrected chi connectivity index (χ4v) is 3.48. The quantitative estimate of drug-likeness (QED) is 0.905. The van der Waals surface area contributed by atoms with Crippen LogP contribution in [0.25, 0.3) is 0 Å². The highest BCUT2D eigenvalue weighted by Gasteiger charge is 2.41. The Morgan fingerprint density at radius 3 is 2.95 bits per heavy atom. The average Bonchev–Trinajstić information content (AvgIpc) is 3.02. The van der Waals surface area contributed by atoms with Gasteiger partial charge in [0.25, 0.3) is 0 Å². The van der Waals surface area contributed by atoms with Crippen molar-refractivity contribution in [1.82, 2.24) is 4.90 Å². The van der Waals surface area contributed by atoms with Gasteiger partial charge in [0.15, 0.2) is 0 Å². The Balaban J connectivity index is 1.48. The second kappa shape index (κ2) is 5.82. The lowest BCUT2D eigenvalue weighted by atomic mass is 10.00. The molecule has 0 amide bonds. The maximum atomic E-state index is 9.89. The average molecular weight is 272 g/mol. The number of ether oxygens (including phenoxy) is 1. The number of likely N-dealkylation sites (tertiary alicyclic amines) is 1. The van der Waals surface area contributed by atoms with Crippen LogP contribution in [0, 0.1) is 23.2 Å². The third-order valence-electron chi connectivity index (χ3n) is 4.57. The normalized spacial score (nSPS) is 29.1. The number of fused-ring (bicyclic) bond motifs is 1. The Labute approximate surface area is 119 Å². The van der Waals surface area contributed by atoms with E-state index in [1.807, 2.05) is 18.2 Å². The van der Waals surface area contributed by atoms with Crippen molar-refractivity contribution >= 4 is 0 Å². The van der Waals surface area contributed by atoms with Crippen molar-refractivity contribution in [1.29, 1.82) is 5.26 Å². The minimum Gasteiger partial charge on any atom is -0.491 e. The predicted octanol–water partition coefficient (Wildman–Crippen LogP) is 1.64. The van der Waals surface area contributed by atoms with E-state index in [2.05, 4.69) is 11.0 Å². The Bertz CT molecular complexity index is 511. The highest BCUT2D eigenvalue weighted by molar-refractivity contribution is 5.42. The molecule has 0 aromatic heterocycles. The van der Waals surface area contributed by atoms with Crippen molar-refractivity contribution < 1.29 is 9.84 Å². The van der Waals surface area contributed by atoms with Gasteiger partial charge >= 0.3 is 0 Å². The molecule has 1 aliphatic carbocycles. The van der Waals surface area contributed by atoms with E-state index in [4.69, 9.17) is 10.00 Å². The molecule has 1 saturated heterocycles. The second-order valence-electron chi connectivity index (χ2n) is 5.78. The first-order valence-electron chi connectivity index (χ1n) is 7.30. The molecular weight excluding hydrogens is 252 g/mol. The van der Waals surface area contributed by atoms with Gasteiger partial charge in [0, 0.05) is 25.6 Å². The number of hydrogen-bond donors (Lipinski definition) is 1. The number of rotatable bonds is 4. The van der Waals surface area contributed by atoms with Gasteiger partial charge in [-0.3, -0.25) is 4.90 Å². The highest BCUT2D eigenvalue weighted by Crippen LogP contribution is 2.37. The van der Waals surface area contributed by atoms with E-state index in [-0.39, 0.29) is 6.10 Å². The van der Waals surface area contributed by atoms with Gasteiger partial charge in [-0.2, -0.15) is 5.26 Å². The molecule has 1 aromatic rings. The molecule has 2 fully saturated rings. The summed E-state index contributed by atoms with van der Waals surface area (Å²) in [6.45, 7) is 3.51. The maximum absolute atomic E-state index is 9.89.